The molecule has 1 aliphatic carbocycles. The summed E-state index contributed by atoms with van der Waals surface area (Å²) in [5.74, 6) is 1.26. The van der Waals surface area contributed by atoms with E-state index in [1.807, 2.05) is 0 Å². The van der Waals surface area contributed by atoms with Gasteiger partial charge in [0.2, 0.25) is 0 Å². The molecule has 3 rings (SSSR count). The lowest BCUT2D eigenvalue weighted by molar-refractivity contribution is 0.525. The molecule has 110 valence electrons. The molecule has 1 N–H and O–H groups in total. The fraction of sp³-hybridized carbons (Fsp3) is 0.647. The Hall–Kier alpha value is -0.670. The van der Waals surface area contributed by atoms with Crippen LogP contribution >= 0.6 is 11.8 Å². The molecule has 2 aliphatic rings. The van der Waals surface area contributed by atoms with Crippen molar-refractivity contribution < 1.29 is 0 Å². The van der Waals surface area contributed by atoms with Crippen LogP contribution in [0.3, 0.4) is 0 Å². The maximum absolute atomic E-state index is 3.76. The van der Waals surface area contributed by atoms with Gasteiger partial charge in [-0.2, -0.15) is 11.8 Å². The molecule has 1 saturated carbocycles. The van der Waals surface area contributed by atoms with E-state index in [0.29, 0.717) is 0 Å². The van der Waals surface area contributed by atoms with Gasteiger partial charge >= 0.3 is 0 Å². The Bertz CT molecular complexity index is 460. The summed E-state index contributed by atoms with van der Waals surface area (Å²) in [6.07, 6.45) is 5.31. The Morgan fingerprint density at radius 2 is 2.25 bits per heavy atom. The first-order valence-corrected chi connectivity index (χ1v) is 8.99. The van der Waals surface area contributed by atoms with Crippen molar-refractivity contribution in [3.05, 3.63) is 29.3 Å². The molecule has 0 saturated heterocycles. The van der Waals surface area contributed by atoms with Gasteiger partial charge in [-0.05, 0) is 48.6 Å². The van der Waals surface area contributed by atoms with Crippen molar-refractivity contribution in [3.8, 4) is 0 Å². The summed E-state index contributed by atoms with van der Waals surface area (Å²) < 4.78 is 0. The number of thioether (sulfide) groups is 1. The molecule has 2 nitrogen and oxygen atoms in total. The molecule has 1 aliphatic heterocycles. The molecule has 1 heterocycles. The predicted molar refractivity (Wildman–Crippen MR) is 89.8 cm³/mol. The van der Waals surface area contributed by atoms with Gasteiger partial charge < -0.3 is 10.2 Å². The quantitative estimate of drug-likeness (QED) is 0.894. The van der Waals surface area contributed by atoms with Crippen molar-refractivity contribution in [1.29, 1.82) is 0 Å². The molecule has 2 atom stereocenters. The number of hydrogen-bond donors (Lipinski definition) is 1. The monoisotopic (exact) mass is 290 g/mol. The number of nitrogens with one attached hydrogen (secondary N) is 1. The van der Waals surface area contributed by atoms with Crippen molar-refractivity contribution in [1.82, 2.24) is 5.32 Å². The van der Waals surface area contributed by atoms with Gasteiger partial charge in [0, 0.05) is 37.1 Å². The van der Waals surface area contributed by atoms with E-state index in [0.717, 1.165) is 17.8 Å². The SMILES string of the molecule is CCSC1CCC(NCc2ccc3c(c2)CCN3C)C1. The van der Waals surface area contributed by atoms with Crippen molar-refractivity contribution in [2.45, 2.75) is 50.4 Å². The van der Waals surface area contributed by atoms with Crippen LogP contribution < -0.4 is 10.2 Å². The van der Waals surface area contributed by atoms with Crippen LogP contribution in [-0.4, -0.2) is 30.6 Å². The minimum absolute atomic E-state index is 0.731. The van der Waals surface area contributed by atoms with Gasteiger partial charge in [-0.15, -0.1) is 0 Å². The molecule has 0 bridgehead atoms. The summed E-state index contributed by atoms with van der Waals surface area (Å²) in [6.45, 7) is 4.48. The highest BCUT2D eigenvalue weighted by Gasteiger charge is 2.24. The molecule has 1 aromatic rings. The highest BCUT2D eigenvalue weighted by Crippen LogP contribution is 2.30. The van der Waals surface area contributed by atoms with Crippen molar-refractivity contribution in [2.75, 3.05) is 24.2 Å². The maximum atomic E-state index is 3.76. The van der Waals surface area contributed by atoms with Crippen molar-refractivity contribution >= 4 is 17.4 Å². The second-order valence-corrected chi connectivity index (χ2v) is 7.68. The largest absolute Gasteiger partial charge is 0.374 e. The number of nitrogens with zero attached hydrogens (tertiary/aromatic N) is 1. The van der Waals surface area contributed by atoms with Crippen LogP contribution in [0.1, 0.15) is 37.3 Å². The average molecular weight is 290 g/mol. The van der Waals surface area contributed by atoms with Gasteiger partial charge in [0.25, 0.3) is 0 Å². The van der Waals surface area contributed by atoms with Crippen LogP contribution in [0.2, 0.25) is 0 Å². The van der Waals surface area contributed by atoms with Gasteiger partial charge in [0.1, 0.15) is 0 Å². The topological polar surface area (TPSA) is 15.3 Å². The van der Waals surface area contributed by atoms with E-state index in [2.05, 4.69) is 54.1 Å². The molecule has 0 spiro atoms. The van der Waals surface area contributed by atoms with Crippen LogP contribution in [-0.2, 0) is 13.0 Å². The molecule has 2 unspecified atom stereocenters. The zero-order valence-electron chi connectivity index (χ0n) is 12.7. The number of benzene rings is 1. The summed E-state index contributed by atoms with van der Waals surface area (Å²) in [7, 11) is 2.19. The van der Waals surface area contributed by atoms with E-state index in [9.17, 15) is 0 Å². The van der Waals surface area contributed by atoms with Crippen molar-refractivity contribution in [2.24, 2.45) is 0 Å². The summed E-state index contributed by atoms with van der Waals surface area (Å²) >= 11 is 2.14. The summed E-state index contributed by atoms with van der Waals surface area (Å²) in [5.41, 5.74) is 4.40. The molecule has 0 radical (unpaired) electrons. The third kappa shape index (κ3) is 3.15. The van der Waals surface area contributed by atoms with Crippen LogP contribution in [0, 0.1) is 0 Å². The van der Waals surface area contributed by atoms with E-state index in [1.165, 1.54) is 54.8 Å². The zero-order valence-corrected chi connectivity index (χ0v) is 13.5. The fourth-order valence-electron chi connectivity index (χ4n) is 3.50. The maximum Gasteiger partial charge on any atom is 0.0397 e. The minimum atomic E-state index is 0.731. The third-order valence-electron chi connectivity index (χ3n) is 4.65. The van der Waals surface area contributed by atoms with Gasteiger partial charge in [-0.25, -0.2) is 0 Å². The third-order valence-corrected chi connectivity index (χ3v) is 5.89. The molecule has 0 aromatic heterocycles. The van der Waals surface area contributed by atoms with Crippen LogP contribution in [0.15, 0.2) is 18.2 Å². The predicted octanol–water partition coefficient (Wildman–Crippen LogP) is 3.44. The van der Waals surface area contributed by atoms with Crippen molar-refractivity contribution in [3.63, 3.8) is 0 Å². The average Bonchev–Trinajstić information content (AvgIpc) is 3.04. The molecular weight excluding hydrogens is 264 g/mol. The summed E-state index contributed by atoms with van der Waals surface area (Å²) in [6, 6.07) is 7.72. The standard InChI is InChI=1S/C17H26N2S/c1-3-20-16-6-5-15(11-16)18-12-13-4-7-17-14(10-13)8-9-19(17)2/h4,7,10,15-16,18H,3,5-6,8-9,11-12H2,1-2H3. The first-order chi connectivity index (χ1) is 9.76. The van der Waals surface area contributed by atoms with E-state index in [4.69, 9.17) is 0 Å². The molecule has 1 aromatic carbocycles. The number of fused-ring (bicyclic) bond motifs is 1. The van der Waals surface area contributed by atoms with Crippen LogP contribution in [0.4, 0.5) is 5.69 Å². The molecule has 3 heteroatoms. The number of anilines is 1. The van der Waals surface area contributed by atoms with Gasteiger partial charge in [0.15, 0.2) is 0 Å². The van der Waals surface area contributed by atoms with E-state index in [-0.39, 0.29) is 0 Å². The number of rotatable bonds is 5. The molecule has 20 heavy (non-hydrogen) atoms. The Morgan fingerprint density at radius 1 is 1.35 bits per heavy atom. The lowest BCUT2D eigenvalue weighted by Crippen LogP contribution is -2.26. The second-order valence-electron chi connectivity index (χ2n) is 6.10. The fourth-order valence-corrected chi connectivity index (χ4v) is 4.65. The normalized spacial score (nSPS) is 25.2. The summed E-state index contributed by atoms with van der Waals surface area (Å²) in [5, 5.41) is 4.66. The first kappa shape index (κ1) is 14.3. The second kappa shape index (κ2) is 6.40. The Balaban J connectivity index is 1.52. The zero-order chi connectivity index (χ0) is 13.9. The van der Waals surface area contributed by atoms with E-state index >= 15 is 0 Å². The van der Waals surface area contributed by atoms with E-state index < -0.39 is 0 Å². The van der Waals surface area contributed by atoms with Gasteiger partial charge in [0.05, 0.1) is 0 Å². The highest BCUT2D eigenvalue weighted by atomic mass is 32.2. The first-order valence-electron chi connectivity index (χ1n) is 7.94. The lowest BCUT2D eigenvalue weighted by atomic mass is 10.1. The Morgan fingerprint density at radius 3 is 3.10 bits per heavy atom. The minimum Gasteiger partial charge on any atom is -0.374 e. The van der Waals surface area contributed by atoms with Crippen LogP contribution in [0.5, 0.6) is 0 Å². The molecule has 1 fully saturated rings. The number of likely N-dealkylation sites (N-methyl/N-ethyl adjacent to an activating group) is 1. The smallest absolute Gasteiger partial charge is 0.0397 e. The Kier molecular flexibility index (Phi) is 4.57. The van der Waals surface area contributed by atoms with Crippen LogP contribution in [0.25, 0.3) is 0 Å². The highest BCUT2D eigenvalue weighted by molar-refractivity contribution is 7.99. The molecular formula is C17H26N2S. The van der Waals surface area contributed by atoms with Gasteiger partial charge in [-0.3, -0.25) is 0 Å². The molecule has 0 amide bonds. The van der Waals surface area contributed by atoms with Gasteiger partial charge in [-0.1, -0.05) is 19.1 Å². The van der Waals surface area contributed by atoms with E-state index in [1.54, 1.807) is 0 Å². The lowest BCUT2D eigenvalue weighted by Gasteiger charge is -2.15. The Labute approximate surface area is 127 Å². The number of hydrogen-bond acceptors (Lipinski definition) is 3. The summed E-state index contributed by atoms with van der Waals surface area (Å²) in [4.78, 5) is 2.36.